The number of aromatic nitrogens is 4. The highest BCUT2D eigenvalue weighted by Crippen LogP contribution is 2.45. The van der Waals surface area contributed by atoms with E-state index in [1.165, 1.54) is 12.7 Å². The zero-order valence-corrected chi connectivity index (χ0v) is 26.9. The fourth-order valence-corrected chi connectivity index (χ4v) is 7.10. The van der Waals surface area contributed by atoms with E-state index in [4.69, 9.17) is 36.6 Å². The van der Waals surface area contributed by atoms with E-state index >= 15 is 4.39 Å². The summed E-state index contributed by atoms with van der Waals surface area (Å²) in [5.41, 5.74) is 7.90. The van der Waals surface area contributed by atoms with E-state index in [0.717, 1.165) is 24.8 Å². The molecular formula is C26H43FN5O4PSSi. The smallest absolute Gasteiger partial charge is 0.192 e. The molecule has 8 atom stereocenters. The minimum atomic E-state index is -2.12. The number of ether oxygens (including phenoxy) is 1. The minimum absolute atomic E-state index is 0.00579. The molecular weight excluding hydrogens is 556 g/mol. The lowest BCUT2D eigenvalue weighted by Gasteiger charge is -2.41. The average Bonchev–Trinajstić information content (AvgIpc) is 3.39. The number of fused-ring (bicyclic) bond motifs is 1. The van der Waals surface area contributed by atoms with Crippen molar-refractivity contribution < 1.29 is 22.6 Å². The molecule has 0 aromatic carbocycles. The van der Waals surface area contributed by atoms with Crippen LogP contribution >= 0.6 is 21.7 Å². The molecule has 1 aliphatic heterocycles. The lowest BCUT2D eigenvalue weighted by Crippen LogP contribution is -2.44. The highest BCUT2D eigenvalue weighted by Gasteiger charge is 2.49. The topological polar surface area (TPSA) is 107 Å². The number of imidazole rings is 1. The molecule has 2 aromatic heterocycles. The van der Waals surface area contributed by atoms with Gasteiger partial charge in [0.1, 0.15) is 24.1 Å². The van der Waals surface area contributed by atoms with Crippen LogP contribution in [0.3, 0.4) is 0 Å². The zero-order chi connectivity index (χ0) is 28.8. The van der Waals surface area contributed by atoms with Gasteiger partial charge in [0, 0.05) is 4.75 Å². The third kappa shape index (κ3) is 6.52. The second-order valence-electron chi connectivity index (χ2n) is 12.6. The molecule has 4 rings (SSSR count). The SMILES string of the molecule is C=C(C)[C@@H]1CC[C@](C)(S)[C@@H](OPO[C@H]2[C@@H](F)[C@H](n3cnc4c(N)ncnc43)O[C@@H]2CO[Si](C)(C)C(C)(C)C)C1. The summed E-state index contributed by atoms with van der Waals surface area (Å²) in [6, 6.07) is 0. The van der Waals surface area contributed by atoms with E-state index in [2.05, 4.69) is 69.2 Å². The van der Waals surface area contributed by atoms with Crippen LogP contribution in [0.4, 0.5) is 10.2 Å². The summed E-state index contributed by atoms with van der Waals surface area (Å²) in [6.45, 7) is 19.3. The monoisotopic (exact) mass is 599 g/mol. The van der Waals surface area contributed by atoms with Gasteiger partial charge in [0.25, 0.3) is 0 Å². The van der Waals surface area contributed by atoms with Crippen LogP contribution in [0.1, 0.15) is 60.1 Å². The van der Waals surface area contributed by atoms with E-state index in [0.29, 0.717) is 17.1 Å². The molecule has 39 heavy (non-hydrogen) atoms. The number of alkyl halides is 1. The van der Waals surface area contributed by atoms with Gasteiger partial charge in [-0.3, -0.25) is 4.57 Å². The van der Waals surface area contributed by atoms with Crippen LogP contribution < -0.4 is 5.73 Å². The summed E-state index contributed by atoms with van der Waals surface area (Å²) < 4.78 is 42.4. The molecule has 2 N–H and O–H groups in total. The number of rotatable bonds is 9. The number of halogens is 1. The predicted octanol–water partition coefficient (Wildman–Crippen LogP) is 6.01. The highest BCUT2D eigenvalue weighted by atomic mass is 32.1. The molecule has 1 saturated heterocycles. The van der Waals surface area contributed by atoms with Gasteiger partial charge in [-0.25, -0.2) is 19.3 Å². The van der Waals surface area contributed by atoms with Crippen LogP contribution in [0, 0.1) is 5.92 Å². The van der Waals surface area contributed by atoms with Crippen LogP contribution in [-0.4, -0.2) is 63.7 Å². The predicted molar refractivity (Wildman–Crippen MR) is 159 cm³/mol. The Morgan fingerprint density at radius 2 is 2.05 bits per heavy atom. The first-order chi connectivity index (χ1) is 18.1. The van der Waals surface area contributed by atoms with Crippen molar-refractivity contribution in [1.82, 2.24) is 19.5 Å². The number of hydrogen-bond donors (Lipinski definition) is 2. The average molecular weight is 600 g/mol. The van der Waals surface area contributed by atoms with Gasteiger partial charge in [-0.05, 0) is 57.2 Å². The summed E-state index contributed by atoms with van der Waals surface area (Å²) in [6.07, 6.45) is 1.35. The molecule has 9 nitrogen and oxygen atoms in total. The third-order valence-corrected chi connectivity index (χ3v) is 14.4. The number of nitrogens with two attached hydrogens (primary N) is 1. The second kappa shape index (κ2) is 11.6. The van der Waals surface area contributed by atoms with Gasteiger partial charge in [0.2, 0.25) is 0 Å². The normalized spacial score (nSPS) is 32.4. The minimum Gasteiger partial charge on any atom is -0.414 e. The van der Waals surface area contributed by atoms with Gasteiger partial charge in [-0.1, -0.05) is 32.9 Å². The Hall–Kier alpha value is -1.14. The van der Waals surface area contributed by atoms with Gasteiger partial charge in [0.15, 0.2) is 41.2 Å². The van der Waals surface area contributed by atoms with Crippen molar-refractivity contribution in [1.29, 1.82) is 0 Å². The van der Waals surface area contributed by atoms with E-state index in [9.17, 15) is 0 Å². The largest absolute Gasteiger partial charge is 0.414 e. The van der Waals surface area contributed by atoms with Crippen LogP contribution in [0.25, 0.3) is 11.2 Å². The van der Waals surface area contributed by atoms with Crippen molar-refractivity contribution in [3.8, 4) is 0 Å². The number of allylic oxidation sites excluding steroid dienone is 1. The van der Waals surface area contributed by atoms with Crippen molar-refractivity contribution in [3.05, 3.63) is 24.8 Å². The molecule has 1 aliphatic carbocycles. The van der Waals surface area contributed by atoms with E-state index in [1.807, 2.05) is 0 Å². The number of hydrogen-bond acceptors (Lipinski definition) is 9. The summed E-state index contributed by atoms with van der Waals surface area (Å²) >= 11 is 4.88. The maximum Gasteiger partial charge on any atom is 0.192 e. The van der Waals surface area contributed by atoms with Crippen molar-refractivity contribution in [3.63, 3.8) is 0 Å². The fraction of sp³-hybridized carbons (Fsp3) is 0.731. The highest BCUT2D eigenvalue weighted by molar-refractivity contribution is 7.81. The van der Waals surface area contributed by atoms with Crippen molar-refractivity contribution in [2.45, 2.75) is 107 Å². The summed E-state index contributed by atoms with van der Waals surface area (Å²) in [5.74, 6) is 0.603. The number of anilines is 1. The number of nitrogens with zero attached hydrogens (tertiary/aromatic N) is 4. The van der Waals surface area contributed by atoms with E-state index in [1.54, 1.807) is 4.57 Å². The third-order valence-electron chi connectivity index (χ3n) is 8.61. The second-order valence-corrected chi connectivity index (χ2v) is 19.1. The van der Waals surface area contributed by atoms with Crippen LogP contribution in [-0.2, 0) is 18.2 Å². The van der Waals surface area contributed by atoms with Gasteiger partial charge in [0.05, 0.1) is 19.0 Å². The lowest BCUT2D eigenvalue weighted by molar-refractivity contribution is -0.0413. The Kier molecular flexibility index (Phi) is 9.18. The molecule has 2 aromatic rings. The Balaban J connectivity index is 1.51. The summed E-state index contributed by atoms with van der Waals surface area (Å²) in [5, 5.41) is -0.00579. The van der Waals surface area contributed by atoms with Gasteiger partial charge in [-0.2, -0.15) is 12.6 Å². The van der Waals surface area contributed by atoms with E-state index in [-0.39, 0.29) is 37.3 Å². The Labute approximate surface area is 239 Å². The maximum absolute atomic E-state index is 16.1. The van der Waals surface area contributed by atoms with Crippen LogP contribution in [0.15, 0.2) is 24.8 Å². The summed E-state index contributed by atoms with van der Waals surface area (Å²) in [4.78, 5) is 12.5. The Morgan fingerprint density at radius 3 is 2.72 bits per heavy atom. The van der Waals surface area contributed by atoms with Gasteiger partial charge in [-0.15, -0.1) is 0 Å². The molecule has 0 spiro atoms. The van der Waals surface area contributed by atoms with Crippen LogP contribution in [0.5, 0.6) is 0 Å². The first-order valence-electron chi connectivity index (χ1n) is 13.4. The lowest BCUT2D eigenvalue weighted by atomic mass is 9.77. The van der Waals surface area contributed by atoms with Gasteiger partial charge < -0.3 is 23.9 Å². The number of thiol groups is 1. The molecule has 218 valence electrons. The van der Waals surface area contributed by atoms with Crippen molar-refractivity contribution in [2.24, 2.45) is 5.92 Å². The molecule has 1 unspecified atom stereocenters. The first-order valence-corrected chi connectivity index (χ1v) is 17.6. The zero-order valence-electron chi connectivity index (χ0n) is 24.0. The molecule has 13 heteroatoms. The Bertz CT molecular complexity index is 1180. The van der Waals surface area contributed by atoms with Crippen LogP contribution in [0.2, 0.25) is 18.1 Å². The Morgan fingerprint density at radius 1 is 1.33 bits per heavy atom. The first kappa shape index (κ1) is 30.8. The fourth-order valence-electron chi connectivity index (χ4n) is 4.78. The molecule has 2 aliphatic rings. The van der Waals surface area contributed by atoms with Crippen molar-refractivity contribution >= 4 is 47.0 Å². The molecule has 1 saturated carbocycles. The molecule has 2 fully saturated rings. The molecule has 0 radical (unpaired) electrons. The molecule has 0 amide bonds. The van der Waals surface area contributed by atoms with E-state index < -0.39 is 32.9 Å². The van der Waals surface area contributed by atoms with Crippen molar-refractivity contribution in [2.75, 3.05) is 12.3 Å². The quantitative estimate of drug-likeness (QED) is 0.156. The maximum atomic E-state index is 16.1. The standard InChI is InChI=1S/C26H43FN5O4PSSi/c1-15(2)16-9-10-26(6,38)18(11-16)35-37-36-21-17(12-33-39(7,8)25(3,4)5)34-24(19(21)27)32-14-31-20-22(28)29-13-30-23(20)32/h13-14,16-19,21,24,37-38H,1,9-12H2,2-8H3,(H2,28,29,30)/t16-,17-,18+,19-,21-,24-,26+/m1/s1. The molecule has 0 bridgehead atoms. The number of nitrogen functional groups attached to an aromatic ring is 1. The van der Waals surface area contributed by atoms with Gasteiger partial charge >= 0.3 is 0 Å². The molecule has 3 heterocycles. The summed E-state index contributed by atoms with van der Waals surface area (Å²) in [7, 11) is -2.50.